The Morgan fingerprint density at radius 1 is 1.55 bits per heavy atom. The molecule has 2 heterocycles. The van der Waals surface area contributed by atoms with Crippen molar-refractivity contribution in [3.05, 3.63) is 23.4 Å². The van der Waals surface area contributed by atoms with Gasteiger partial charge in [-0.2, -0.15) is 11.8 Å². The molecular formula is C15H23N3OS. The Labute approximate surface area is 125 Å². The molecule has 1 aromatic rings. The minimum Gasteiger partial charge on any atom is -0.384 e. The summed E-state index contributed by atoms with van der Waals surface area (Å²) in [6, 6.07) is 3.57. The SMILES string of the molecule is CCC1CN(C(=O)c2cc(N)nc(C(C)C)c2)CCS1. The number of carbonyl (C=O) groups is 1. The Morgan fingerprint density at radius 3 is 2.95 bits per heavy atom. The van der Waals surface area contributed by atoms with Crippen LogP contribution in [0.4, 0.5) is 5.82 Å². The van der Waals surface area contributed by atoms with Gasteiger partial charge in [-0.3, -0.25) is 4.79 Å². The molecule has 1 aromatic heterocycles. The van der Waals surface area contributed by atoms with Crippen molar-refractivity contribution in [3.63, 3.8) is 0 Å². The molecule has 0 spiro atoms. The van der Waals surface area contributed by atoms with Crippen LogP contribution in [0.25, 0.3) is 0 Å². The van der Waals surface area contributed by atoms with Crippen molar-refractivity contribution in [2.24, 2.45) is 0 Å². The number of amides is 1. The number of nitrogen functional groups attached to an aromatic ring is 1. The van der Waals surface area contributed by atoms with Gasteiger partial charge < -0.3 is 10.6 Å². The molecule has 2 N–H and O–H groups in total. The molecule has 0 bridgehead atoms. The van der Waals surface area contributed by atoms with Gasteiger partial charge >= 0.3 is 0 Å². The Balaban J connectivity index is 2.20. The van der Waals surface area contributed by atoms with Crippen LogP contribution in [0, 0.1) is 0 Å². The lowest BCUT2D eigenvalue weighted by molar-refractivity contribution is 0.0760. The standard InChI is InChI=1S/C15H23N3OS/c1-4-12-9-18(5-6-20-12)15(19)11-7-13(10(2)3)17-14(16)8-11/h7-8,10,12H,4-6,9H2,1-3H3,(H2,16,17). The highest BCUT2D eigenvalue weighted by atomic mass is 32.2. The molecule has 0 saturated carbocycles. The smallest absolute Gasteiger partial charge is 0.254 e. The zero-order chi connectivity index (χ0) is 14.7. The van der Waals surface area contributed by atoms with E-state index in [9.17, 15) is 4.79 Å². The first-order valence-electron chi connectivity index (χ1n) is 7.19. The van der Waals surface area contributed by atoms with Gasteiger partial charge in [0.1, 0.15) is 5.82 Å². The molecule has 20 heavy (non-hydrogen) atoms. The molecule has 0 radical (unpaired) electrons. The van der Waals surface area contributed by atoms with Gasteiger partial charge in [0.05, 0.1) is 0 Å². The largest absolute Gasteiger partial charge is 0.384 e. The van der Waals surface area contributed by atoms with Crippen LogP contribution in [-0.2, 0) is 0 Å². The third kappa shape index (κ3) is 3.45. The van der Waals surface area contributed by atoms with Gasteiger partial charge in [0.2, 0.25) is 0 Å². The van der Waals surface area contributed by atoms with E-state index in [1.54, 1.807) is 6.07 Å². The molecule has 1 fully saturated rings. The quantitative estimate of drug-likeness (QED) is 0.931. The summed E-state index contributed by atoms with van der Waals surface area (Å²) in [5.41, 5.74) is 7.38. The average molecular weight is 293 g/mol. The van der Waals surface area contributed by atoms with Crippen LogP contribution in [-0.4, -0.2) is 39.9 Å². The molecule has 1 saturated heterocycles. The Kier molecular flexibility index (Phi) is 4.91. The number of hydrogen-bond donors (Lipinski definition) is 1. The molecule has 1 amide bonds. The molecule has 4 nitrogen and oxygen atoms in total. The zero-order valence-electron chi connectivity index (χ0n) is 12.4. The first-order chi connectivity index (χ1) is 9.51. The number of thioether (sulfide) groups is 1. The molecule has 5 heteroatoms. The maximum absolute atomic E-state index is 12.6. The number of anilines is 1. The minimum absolute atomic E-state index is 0.0831. The highest BCUT2D eigenvalue weighted by Gasteiger charge is 2.24. The van der Waals surface area contributed by atoms with Crippen LogP contribution in [0.3, 0.4) is 0 Å². The fourth-order valence-electron chi connectivity index (χ4n) is 2.33. The van der Waals surface area contributed by atoms with Crippen LogP contribution in [0.1, 0.15) is 49.2 Å². The maximum atomic E-state index is 12.6. The summed E-state index contributed by atoms with van der Waals surface area (Å²) >= 11 is 1.96. The number of hydrogen-bond acceptors (Lipinski definition) is 4. The van der Waals surface area contributed by atoms with Crippen LogP contribution in [0.2, 0.25) is 0 Å². The normalized spacial score (nSPS) is 19.4. The van der Waals surface area contributed by atoms with Crippen LogP contribution >= 0.6 is 11.8 Å². The Morgan fingerprint density at radius 2 is 2.30 bits per heavy atom. The number of aromatic nitrogens is 1. The van der Waals surface area contributed by atoms with Crippen LogP contribution in [0.15, 0.2) is 12.1 Å². The monoisotopic (exact) mass is 293 g/mol. The first-order valence-corrected chi connectivity index (χ1v) is 8.24. The highest BCUT2D eigenvalue weighted by molar-refractivity contribution is 8.00. The second-order valence-electron chi connectivity index (χ2n) is 5.51. The summed E-state index contributed by atoms with van der Waals surface area (Å²) in [5.74, 6) is 1.80. The van der Waals surface area contributed by atoms with E-state index >= 15 is 0 Å². The average Bonchev–Trinajstić information content (AvgIpc) is 2.45. The van der Waals surface area contributed by atoms with Gasteiger partial charge in [0.15, 0.2) is 0 Å². The van der Waals surface area contributed by atoms with Crippen molar-refractivity contribution in [1.82, 2.24) is 9.88 Å². The molecule has 1 aliphatic rings. The lowest BCUT2D eigenvalue weighted by Gasteiger charge is -2.32. The van der Waals surface area contributed by atoms with E-state index in [0.29, 0.717) is 16.6 Å². The van der Waals surface area contributed by atoms with Gasteiger partial charge in [-0.1, -0.05) is 20.8 Å². The lowest BCUT2D eigenvalue weighted by Crippen LogP contribution is -2.41. The molecule has 110 valence electrons. The fourth-order valence-corrected chi connectivity index (χ4v) is 3.51. The third-order valence-corrected chi connectivity index (χ3v) is 4.96. The number of pyridine rings is 1. The molecule has 0 aliphatic carbocycles. The zero-order valence-corrected chi connectivity index (χ0v) is 13.2. The van der Waals surface area contributed by atoms with Crippen molar-refractivity contribution >= 4 is 23.5 Å². The number of rotatable bonds is 3. The van der Waals surface area contributed by atoms with Gasteiger partial charge in [0.25, 0.3) is 5.91 Å². The highest BCUT2D eigenvalue weighted by Crippen LogP contribution is 2.23. The number of nitrogens with zero attached hydrogens (tertiary/aromatic N) is 2. The second kappa shape index (κ2) is 6.48. The second-order valence-corrected chi connectivity index (χ2v) is 6.92. The summed E-state index contributed by atoms with van der Waals surface area (Å²) in [4.78, 5) is 18.9. The lowest BCUT2D eigenvalue weighted by atomic mass is 10.1. The van der Waals surface area contributed by atoms with Crippen molar-refractivity contribution in [1.29, 1.82) is 0 Å². The van der Waals surface area contributed by atoms with E-state index < -0.39 is 0 Å². The summed E-state index contributed by atoms with van der Waals surface area (Å²) < 4.78 is 0. The topological polar surface area (TPSA) is 59.2 Å². The van der Waals surface area contributed by atoms with E-state index in [0.717, 1.165) is 31.0 Å². The Hall–Kier alpha value is -1.23. The summed E-state index contributed by atoms with van der Waals surface area (Å²) in [5, 5.41) is 0.552. The molecule has 0 aromatic carbocycles. The summed E-state index contributed by atoms with van der Waals surface area (Å²) in [6.07, 6.45) is 1.10. The number of carbonyl (C=O) groups excluding carboxylic acids is 1. The molecule has 1 unspecified atom stereocenters. The summed E-state index contributed by atoms with van der Waals surface area (Å²) in [6.45, 7) is 7.94. The van der Waals surface area contributed by atoms with E-state index in [2.05, 4.69) is 25.8 Å². The van der Waals surface area contributed by atoms with E-state index in [-0.39, 0.29) is 11.8 Å². The van der Waals surface area contributed by atoms with E-state index in [1.165, 1.54) is 0 Å². The maximum Gasteiger partial charge on any atom is 0.254 e. The minimum atomic E-state index is 0.0831. The van der Waals surface area contributed by atoms with Crippen LogP contribution < -0.4 is 5.73 Å². The van der Waals surface area contributed by atoms with Crippen molar-refractivity contribution in [2.45, 2.75) is 38.4 Å². The first kappa shape index (κ1) is 15.2. The van der Waals surface area contributed by atoms with Crippen LogP contribution in [0.5, 0.6) is 0 Å². The van der Waals surface area contributed by atoms with E-state index in [4.69, 9.17) is 5.73 Å². The van der Waals surface area contributed by atoms with Crippen molar-refractivity contribution in [3.8, 4) is 0 Å². The van der Waals surface area contributed by atoms with Gasteiger partial charge in [-0.15, -0.1) is 0 Å². The third-order valence-electron chi connectivity index (χ3n) is 3.58. The predicted octanol–water partition coefficient (Wildman–Crippen LogP) is 2.75. The molecule has 1 atom stereocenters. The van der Waals surface area contributed by atoms with Gasteiger partial charge in [0, 0.05) is 35.3 Å². The summed E-state index contributed by atoms with van der Waals surface area (Å²) in [7, 11) is 0. The fraction of sp³-hybridized carbons (Fsp3) is 0.600. The molecule has 1 aliphatic heterocycles. The molecular weight excluding hydrogens is 270 g/mol. The van der Waals surface area contributed by atoms with Crippen molar-refractivity contribution < 1.29 is 4.79 Å². The Bertz CT molecular complexity index is 490. The van der Waals surface area contributed by atoms with Crippen molar-refractivity contribution in [2.75, 3.05) is 24.6 Å². The van der Waals surface area contributed by atoms with Gasteiger partial charge in [-0.25, -0.2) is 4.98 Å². The number of nitrogens with two attached hydrogens (primary N) is 1. The van der Waals surface area contributed by atoms with E-state index in [1.807, 2.05) is 22.7 Å². The molecule has 2 rings (SSSR count). The predicted molar refractivity (Wildman–Crippen MR) is 85.2 cm³/mol. The van der Waals surface area contributed by atoms with Gasteiger partial charge in [-0.05, 0) is 24.5 Å².